The first kappa shape index (κ1) is 20.7. The second-order valence-electron chi connectivity index (χ2n) is 7.98. The normalized spacial score (nSPS) is 15.5. The molecule has 1 atom stereocenters. The van der Waals surface area contributed by atoms with Gasteiger partial charge in [-0.15, -0.1) is 13.2 Å². The van der Waals surface area contributed by atoms with Gasteiger partial charge in [0.2, 0.25) is 0 Å². The third-order valence-corrected chi connectivity index (χ3v) is 5.25. The Kier molecular flexibility index (Phi) is 6.12. The van der Waals surface area contributed by atoms with Crippen molar-refractivity contribution in [3.63, 3.8) is 0 Å². The molecule has 1 aliphatic heterocycles. The number of fused-ring (bicyclic) bond motifs is 1. The summed E-state index contributed by atoms with van der Waals surface area (Å²) in [7, 11) is 0. The zero-order valence-electron chi connectivity index (χ0n) is 17.1. The summed E-state index contributed by atoms with van der Waals surface area (Å²) in [5, 5.41) is 20.5. The molecule has 4 heteroatoms. The third-order valence-electron chi connectivity index (χ3n) is 5.25. The Morgan fingerprint density at radius 2 is 1.69 bits per heavy atom. The molecule has 0 spiro atoms. The predicted molar refractivity (Wildman–Crippen MR) is 115 cm³/mol. The van der Waals surface area contributed by atoms with E-state index in [0.717, 1.165) is 28.7 Å². The third kappa shape index (κ3) is 4.70. The van der Waals surface area contributed by atoms with Gasteiger partial charge in [-0.25, -0.2) is 0 Å². The van der Waals surface area contributed by atoms with Gasteiger partial charge in [-0.1, -0.05) is 23.3 Å². The van der Waals surface area contributed by atoms with E-state index in [1.54, 1.807) is 30.3 Å². The van der Waals surface area contributed by atoms with Gasteiger partial charge in [0, 0.05) is 5.56 Å². The van der Waals surface area contributed by atoms with Gasteiger partial charge in [0.05, 0.1) is 12.0 Å². The van der Waals surface area contributed by atoms with Gasteiger partial charge >= 0.3 is 0 Å². The van der Waals surface area contributed by atoms with Crippen LogP contribution in [-0.2, 0) is 12.8 Å². The van der Waals surface area contributed by atoms with E-state index in [1.807, 2.05) is 13.8 Å². The molecule has 2 N–H and O–H groups in total. The maximum atomic E-state index is 13.0. The lowest BCUT2D eigenvalue weighted by Gasteiger charge is -2.29. The molecule has 0 saturated carbocycles. The van der Waals surface area contributed by atoms with Crippen molar-refractivity contribution in [1.82, 2.24) is 0 Å². The Morgan fingerprint density at radius 3 is 2.31 bits per heavy atom. The molecule has 0 bridgehead atoms. The molecule has 152 valence electrons. The number of allylic oxidation sites excluding steroid dienone is 2. The van der Waals surface area contributed by atoms with E-state index in [9.17, 15) is 15.0 Å². The molecule has 1 aliphatic rings. The van der Waals surface area contributed by atoms with Crippen LogP contribution in [0.5, 0.6) is 17.2 Å². The average Bonchev–Trinajstić information content (AvgIpc) is 2.66. The van der Waals surface area contributed by atoms with Crippen LogP contribution in [0.25, 0.3) is 0 Å². The second-order valence-corrected chi connectivity index (χ2v) is 7.98. The fraction of sp³-hybridized carbons (Fsp3) is 0.320. The van der Waals surface area contributed by atoms with Crippen LogP contribution in [0.3, 0.4) is 0 Å². The summed E-state index contributed by atoms with van der Waals surface area (Å²) in [5.41, 5.74) is 4.80. The van der Waals surface area contributed by atoms with E-state index in [-0.39, 0.29) is 23.7 Å². The van der Waals surface area contributed by atoms with E-state index in [2.05, 4.69) is 13.2 Å². The minimum absolute atomic E-state index is 0.00234. The maximum absolute atomic E-state index is 13.0. The van der Waals surface area contributed by atoms with E-state index in [1.165, 1.54) is 0 Å². The number of aromatic hydroxyl groups is 2. The first-order valence-electron chi connectivity index (χ1n) is 9.91. The smallest absolute Gasteiger partial charge is 0.170 e. The van der Waals surface area contributed by atoms with E-state index in [4.69, 9.17) is 4.74 Å². The molecule has 1 unspecified atom stereocenters. The van der Waals surface area contributed by atoms with Crippen molar-refractivity contribution in [2.24, 2.45) is 0 Å². The molecule has 29 heavy (non-hydrogen) atoms. The highest BCUT2D eigenvalue weighted by Gasteiger charge is 2.32. The average molecular weight is 392 g/mol. The molecule has 0 amide bonds. The second kappa shape index (κ2) is 8.56. The van der Waals surface area contributed by atoms with Gasteiger partial charge in [0.15, 0.2) is 5.78 Å². The summed E-state index contributed by atoms with van der Waals surface area (Å²) < 4.78 is 6.24. The van der Waals surface area contributed by atoms with E-state index in [0.29, 0.717) is 36.1 Å². The van der Waals surface area contributed by atoms with Crippen molar-refractivity contribution in [2.45, 2.75) is 52.1 Å². The lowest BCUT2D eigenvalue weighted by Crippen LogP contribution is -2.22. The van der Waals surface area contributed by atoms with Crippen LogP contribution in [-0.4, -0.2) is 16.0 Å². The number of carbonyl (C=O) groups is 1. The van der Waals surface area contributed by atoms with Gasteiger partial charge in [0.1, 0.15) is 23.4 Å². The largest absolute Gasteiger partial charge is 0.508 e. The highest BCUT2D eigenvalue weighted by molar-refractivity contribution is 6.01. The summed E-state index contributed by atoms with van der Waals surface area (Å²) >= 11 is 0. The van der Waals surface area contributed by atoms with Gasteiger partial charge < -0.3 is 14.9 Å². The van der Waals surface area contributed by atoms with Crippen molar-refractivity contribution < 1.29 is 19.7 Å². The van der Waals surface area contributed by atoms with E-state index >= 15 is 0 Å². The molecular weight excluding hydrogens is 364 g/mol. The van der Waals surface area contributed by atoms with Crippen molar-refractivity contribution >= 4 is 5.78 Å². The molecule has 3 rings (SSSR count). The monoisotopic (exact) mass is 392 g/mol. The van der Waals surface area contributed by atoms with Gasteiger partial charge in [-0.2, -0.15) is 0 Å². The van der Waals surface area contributed by atoms with Crippen molar-refractivity contribution in [2.75, 3.05) is 0 Å². The SMILES string of the molecule is C=C(C)CCc1cc2c(c(CCC(=C)C)c1O)OC(c1ccc(O)cc1)CC2=O. The van der Waals surface area contributed by atoms with Crippen LogP contribution in [0.4, 0.5) is 0 Å². The van der Waals surface area contributed by atoms with Crippen LogP contribution in [0.1, 0.15) is 66.3 Å². The molecule has 0 saturated heterocycles. The number of hydrogen-bond acceptors (Lipinski definition) is 4. The quantitative estimate of drug-likeness (QED) is 0.583. The molecule has 0 aliphatic carbocycles. The molecular formula is C25H28O4. The molecule has 2 aromatic carbocycles. The summed E-state index contributed by atoms with van der Waals surface area (Å²) in [6, 6.07) is 8.45. The predicted octanol–water partition coefficient (Wildman–Crippen LogP) is 5.82. The lowest BCUT2D eigenvalue weighted by atomic mass is 9.89. The van der Waals surface area contributed by atoms with Crippen LogP contribution in [0.15, 0.2) is 54.6 Å². The Morgan fingerprint density at radius 1 is 1.07 bits per heavy atom. The fourth-order valence-corrected chi connectivity index (χ4v) is 3.56. The van der Waals surface area contributed by atoms with Crippen LogP contribution < -0.4 is 4.74 Å². The topological polar surface area (TPSA) is 66.8 Å². The molecule has 1 heterocycles. The Hall–Kier alpha value is -3.01. The highest BCUT2D eigenvalue weighted by atomic mass is 16.5. The number of aryl methyl sites for hydroxylation is 1. The summed E-state index contributed by atoms with van der Waals surface area (Å²) in [4.78, 5) is 13.0. The standard InChI is InChI=1S/C25H28O4/c1-15(2)5-7-18-13-21-22(27)14-23(17-8-10-19(26)11-9-17)29-25(21)20(24(18)28)12-6-16(3)4/h8-11,13,23,26,28H,1,3,5-7,12,14H2,2,4H3. The molecule has 2 aromatic rings. The summed E-state index contributed by atoms with van der Waals surface area (Å²) in [5.74, 6) is 0.832. The number of rotatable bonds is 7. The maximum Gasteiger partial charge on any atom is 0.170 e. The Bertz CT molecular complexity index is 954. The van der Waals surface area contributed by atoms with Gasteiger partial charge in [-0.3, -0.25) is 4.79 Å². The first-order valence-corrected chi connectivity index (χ1v) is 9.91. The number of carbonyl (C=O) groups excluding carboxylic acids is 1. The molecule has 4 nitrogen and oxygen atoms in total. The molecule has 0 aromatic heterocycles. The Balaban J connectivity index is 2.03. The molecule has 0 radical (unpaired) electrons. The van der Waals surface area contributed by atoms with Crippen molar-refractivity contribution in [3.05, 3.63) is 76.9 Å². The van der Waals surface area contributed by atoms with Crippen molar-refractivity contribution in [3.8, 4) is 17.2 Å². The summed E-state index contributed by atoms with van der Waals surface area (Å²) in [6.45, 7) is 11.8. The van der Waals surface area contributed by atoms with Gasteiger partial charge in [0.25, 0.3) is 0 Å². The zero-order valence-corrected chi connectivity index (χ0v) is 17.1. The number of ketones is 1. The van der Waals surface area contributed by atoms with Crippen molar-refractivity contribution in [1.29, 1.82) is 0 Å². The fourth-order valence-electron chi connectivity index (χ4n) is 3.56. The minimum atomic E-state index is -0.445. The number of ether oxygens (including phenoxy) is 1. The highest BCUT2D eigenvalue weighted by Crippen LogP contribution is 2.44. The lowest BCUT2D eigenvalue weighted by molar-refractivity contribution is 0.0847. The van der Waals surface area contributed by atoms with Crippen LogP contribution >= 0.6 is 0 Å². The first-order chi connectivity index (χ1) is 13.8. The van der Waals surface area contributed by atoms with Crippen LogP contribution in [0, 0.1) is 0 Å². The number of benzene rings is 2. The number of Topliss-reactive ketones (excluding diaryl/α,β-unsaturated/α-hetero) is 1. The number of phenols is 2. The van der Waals surface area contributed by atoms with Crippen LogP contribution in [0.2, 0.25) is 0 Å². The minimum Gasteiger partial charge on any atom is -0.508 e. The number of hydrogen-bond donors (Lipinski definition) is 2. The van der Waals surface area contributed by atoms with Gasteiger partial charge in [-0.05, 0) is 68.9 Å². The number of phenolic OH excluding ortho intramolecular Hbond substituents is 2. The Labute approximate surface area is 172 Å². The zero-order chi connectivity index (χ0) is 21.1. The molecule has 0 fully saturated rings. The van der Waals surface area contributed by atoms with E-state index < -0.39 is 6.10 Å². The summed E-state index contributed by atoms with van der Waals surface area (Å²) in [6.07, 6.45) is 2.41.